The average Bonchev–Trinajstić information content (AvgIpc) is 2.97. The molecule has 1 aromatic heterocycles. The highest BCUT2D eigenvalue weighted by Gasteiger charge is 2.34. The molecular weight excluding hydrogens is 290 g/mol. The van der Waals surface area contributed by atoms with Gasteiger partial charge in [0.1, 0.15) is 6.04 Å². The van der Waals surface area contributed by atoms with Crippen LogP contribution in [-0.4, -0.2) is 44.7 Å². The van der Waals surface area contributed by atoms with Crippen molar-refractivity contribution in [3.05, 3.63) is 36.7 Å². The molecule has 7 heteroatoms. The van der Waals surface area contributed by atoms with Gasteiger partial charge in [-0.25, -0.2) is 9.59 Å². The normalized spacial score (nSPS) is 17.9. The maximum Gasteiger partial charge on any atom is 0.327 e. The molecule has 3 rings (SSSR count). The fourth-order valence-electron chi connectivity index (χ4n) is 2.27. The number of nitrogens with one attached hydrogen (secondary N) is 1. The molecule has 2 heterocycles. The lowest BCUT2D eigenvalue weighted by Gasteiger charge is -2.21. The van der Waals surface area contributed by atoms with Gasteiger partial charge in [-0.15, -0.1) is 11.8 Å². The maximum absolute atomic E-state index is 12.3. The third kappa shape index (κ3) is 2.64. The molecule has 1 saturated heterocycles. The number of pyridine rings is 1. The van der Waals surface area contributed by atoms with Crippen molar-refractivity contribution in [1.29, 1.82) is 0 Å². The van der Waals surface area contributed by atoms with E-state index in [1.807, 2.05) is 18.2 Å². The number of hydrogen-bond donors (Lipinski definition) is 2. The number of carbonyl (C=O) groups is 2. The lowest BCUT2D eigenvalue weighted by atomic mass is 10.1. The van der Waals surface area contributed by atoms with Crippen LogP contribution in [-0.2, 0) is 4.79 Å². The second kappa shape index (κ2) is 5.61. The number of rotatable bonds is 2. The van der Waals surface area contributed by atoms with Crippen LogP contribution in [0.2, 0.25) is 0 Å². The van der Waals surface area contributed by atoms with E-state index >= 15 is 0 Å². The Hall–Kier alpha value is -2.28. The fourth-order valence-corrected chi connectivity index (χ4v) is 3.41. The molecular formula is C14H13N3O3S. The number of thioether (sulfide) groups is 1. The second-order valence-electron chi connectivity index (χ2n) is 4.66. The highest BCUT2D eigenvalue weighted by molar-refractivity contribution is 7.99. The molecule has 0 radical (unpaired) electrons. The SMILES string of the molecule is O=C(O)C1CSCN1C(=O)Nc1cccc2cnccc12. The summed E-state index contributed by atoms with van der Waals surface area (Å²) in [5.74, 6) is -0.172. The zero-order chi connectivity index (χ0) is 14.8. The zero-order valence-electron chi connectivity index (χ0n) is 11.0. The quantitative estimate of drug-likeness (QED) is 0.889. The monoisotopic (exact) mass is 303 g/mol. The van der Waals surface area contributed by atoms with E-state index in [1.54, 1.807) is 18.5 Å². The Morgan fingerprint density at radius 1 is 1.38 bits per heavy atom. The van der Waals surface area contributed by atoms with Crippen LogP contribution < -0.4 is 5.32 Å². The molecule has 0 aliphatic carbocycles. The molecule has 1 atom stereocenters. The molecule has 21 heavy (non-hydrogen) atoms. The van der Waals surface area contributed by atoms with Crippen LogP contribution in [0.3, 0.4) is 0 Å². The third-order valence-electron chi connectivity index (χ3n) is 3.35. The van der Waals surface area contributed by atoms with Gasteiger partial charge < -0.3 is 15.3 Å². The number of carbonyl (C=O) groups excluding carboxylic acids is 1. The Morgan fingerprint density at radius 2 is 2.24 bits per heavy atom. The first kappa shape index (κ1) is 13.7. The first-order valence-corrected chi connectivity index (χ1v) is 7.53. The van der Waals surface area contributed by atoms with E-state index < -0.39 is 18.0 Å². The first-order valence-electron chi connectivity index (χ1n) is 6.38. The fraction of sp³-hybridized carbons (Fsp3) is 0.214. The minimum atomic E-state index is -0.975. The summed E-state index contributed by atoms with van der Waals surface area (Å²) in [6.07, 6.45) is 3.38. The van der Waals surface area contributed by atoms with Gasteiger partial charge in [0.2, 0.25) is 0 Å². The first-order chi connectivity index (χ1) is 10.2. The van der Waals surface area contributed by atoms with E-state index in [0.29, 0.717) is 17.3 Å². The summed E-state index contributed by atoms with van der Waals surface area (Å²) in [6.45, 7) is 0. The number of fused-ring (bicyclic) bond motifs is 1. The summed E-state index contributed by atoms with van der Waals surface area (Å²) in [5.41, 5.74) is 0.654. The van der Waals surface area contributed by atoms with Crippen LogP contribution in [0.25, 0.3) is 10.8 Å². The van der Waals surface area contributed by atoms with Crippen molar-refractivity contribution in [3.63, 3.8) is 0 Å². The largest absolute Gasteiger partial charge is 0.480 e. The molecule has 1 aliphatic rings. The van der Waals surface area contributed by atoms with Crippen molar-refractivity contribution in [2.45, 2.75) is 6.04 Å². The number of benzene rings is 1. The standard InChI is InChI=1S/C14H13N3O3S/c18-13(19)12-7-21-8-17(12)14(20)16-11-3-1-2-9-6-15-5-4-10(9)11/h1-6,12H,7-8H2,(H,16,20)(H,18,19). The van der Waals surface area contributed by atoms with Crippen LogP contribution in [0.5, 0.6) is 0 Å². The number of anilines is 1. The van der Waals surface area contributed by atoms with Gasteiger partial charge in [0.25, 0.3) is 0 Å². The lowest BCUT2D eigenvalue weighted by Crippen LogP contribution is -2.43. The second-order valence-corrected chi connectivity index (χ2v) is 5.66. The Balaban J connectivity index is 1.85. The van der Waals surface area contributed by atoms with Crippen molar-refractivity contribution in [2.75, 3.05) is 16.9 Å². The van der Waals surface area contributed by atoms with E-state index in [-0.39, 0.29) is 0 Å². The van der Waals surface area contributed by atoms with E-state index in [4.69, 9.17) is 5.11 Å². The summed E-state index contributed by atoms with van der Waals surface area (Å²) in [5, 5.41) is 13.7. The highest BCUT2D eigenvalue weighted by Crippen LogP contribution is 2.25. The highest BCUT2D eigenvalue weighted by atomic mass is 32.2. The Labute approximate surface area is 125 Å². The number of amides is 2. The summed E-state index contributed by atoms with van der Waals surface area (Å²) in [4.78, 5) is 28.8. The number of urea groups is 1. The van der Waals surface area contributed by atoms with Crippen LogP contribution >= 0.6 is 11.8 Å². The number of carboxylic acid groups (broad SMARTS) is 1. The minimum absolute atomic E-state index is 0.384. The minimum Gasteiger partial charge on any atom is -0.480 e. The molecule has 2 amide bonds. The van der Waals surface area contributed by atoms with Gasteiger partial charge in [0, 0.05) is 28.9 Å². The van der Waals surface area contributed by atoms with Crippen molar-refractivity contribution in [3.8, 4) is 0 Å². The zero-order valence-corrected chi connectivity index (χ0v) is 11.8. The number of nitrogens with zero attached hydrogens (tertiary/aromatic N) is 2. The Bertz CT molecular complexity index is 701. The molecule has 1 aliphatic heterocycles. The predicted molar refractivity (Wildman–Crippen MR) is 81.3 cm³/mol. The molecule has 1 unspecified atom stereocenters. The molecule has 0 spiro atoms. The number of carboxylic acids is 1. The van der Waals surface area contributed by atoms with E-state index in [1.165, 1.54) is 16.7 Å². The van der Waals surface area contributed by atoms with Gasteiger partial charge in [-0.2, -0.15) is 0 Å². The lowest BCUT2D eigenvalue weighted by molar-refractivity contribution is -0.140. The van der Waals surface area contributed by atoms with Crippen LogP contribution in [0.4, 0.5) is 10.5 Å². The number of aromatic nitrogens is 1. The van der Waals surface area contributed by atoms with Crippen molar-refractivity contribution < 1.29 is 14.7 Å². The van der Waals surface area contributed by atoms with Gasteiger partial charge >= 0.3 is 12.0 Å². The summed E-state index contributed by atoms with van der Waals surface area (Å²) in [7, 11) is 0. The topological polar surface area (TPSA) is 82.5 Å². The molecule has 6 nitrogen and oxygen atoms in total. The summed E-state index contributed by atoms with van der Waals surface area (Å²) in [6, 6.07) is 6.18. The molecule has 2 aromatic rings. The van der Waals surface area contributed by atoms with Crippen molar-refractivity contribution in [2.24, 2.45) is 0 Å². The van der Waals surface area contributed by atoms with E-state index in [9.17, 15) is 9.59 Å². The maximum atomic E-state index is 12.3. The molecule has 0 bridgehead atoms. The predicted octanol–water partition coefficient (Wildman–Crippen LogP) is 2.23. The van der Waals surface area contributed by atoms with Crippen molar-refractivity contribution in [1.82, 2.24) is 9.88 Å². The third-order valence-corrected chi connectivity index (χ3v) is 4.36. The Kier molecular flexibility index (Phi) is 3.66. The average molecular weight is 303 g/mol. The number of hydrogen-bond acceptors (Lipinski definition) is 4. The molecule has 1 fully saturated rings. The van der Waals surface area contributed by atoms with Gasteiger partial charge in [0.15, 0.2) is 0 Å². The van der Waals surface area contributed by atoms with Crippen LogP contribution in [0.15, 0.2) is 36.7 Å². The number of aliphatic carboxylic acids is 1. The summed E-state index contributed by atoms with van der Waals surface area (Å²) < 4.78 is 0. The molecule has 1 aromatic carbocycles. The molecule has 2 N–H and O–H groups in total. The van der Waals surface area contributed by atoms with Crippen LogP contribution in [0.1, 0.15) is 0 Å². The van der Waals surface area contributed by atoms with Gasteiger partial charge in [0.05, 0.1) is 11.6 Å². The Morgan fingerprint density at radius 3 is 3.05 bits per heavy atom. The van der Waals surface area contributed by atoms with E-state index in [0.717, 1.165) is 10.8 Å². The van der Waals surface area contributed by atoms with Crippen LogP contribution in [0, 0.1) is 0 Å². The van der Waals surface area contributed by atoms with Gasteiger partial charge in [-0.3, -0.25) is 4.98 Å². The summed E-state index contributed by atoms with van der Waals surface area (Å²) >= 11 is 1.44. The molecule has 0 saturated carbocycles. The van der Waals surface area contributed by atoms with Gasteiger partial charge in [-0.05, 0) is 12.1 Å². The molecule has 108 valence electrons. The van der Waals surface area contributed by atoms with E-state index in [2.05, 4.69) is 10.3 Å². The smallest absolute Gasteiger partial charge is 0.327 e. The van der Waals surface area contributed by atoms with Gasteiger partial charge in [-0.1, -0.05) is 12.1 Å². The van der Waals surface area contributed by atoms with Crippen molar-refractivity contribution >= 4 is 40.2 Å².